The summed E-state index contributed by atoms with van der Waals surface area (Å²) < 4.78 is 4.94. The van der Waals surface area contributed by atoms with E-state index < -0.39 is 11.7 Å². The zero-order valence-corrected chi connectivity index (χ0v) is 15.2. The fourth-order valence-electron chi connectivity index (χ4n) is 3.56. The van der Waals surface area contributed by atoms with E-state index in [0.717, 1.165) is 17.5 Å². The smallest absolute Gasteiger partial charge is 0.310 e. The Morgan fingerprint density at radius 1 is 1.29 bits per heavy atom. The number of hydrogen-bond acceptors (Lipinski definition) is 4. The predicted octanol–water partition coefficient (Wildman–Crippen LogP) is 3.19. The number of aliphatic hydroxyl groups is 2. The van der Waals surface area contributed by atoms with Crippen LogP contribution in [0, 0.1) is 11.3 Å². The fraction of sp³-hybridized carbons (Fsp3) is 0.650. The highest BCUT2D eigenvalue weighted by molar-refractivity contribution is 5.72. The molecule has 0 amide bonds. The topological polar surface area (TPSA) is 66.8 Å². The minimum Gasteiger partial charge on any atom is -0.466 e. The largest absolute Gasteiger partial charge is 0.466 e. The van der Waals surface area contributed by atoms with Crippen LogP contribution in [-0.4, -0.2) is 28.9 Å². The summed E-state index contributed by atoms with van der Waals surface area (Å²) in [6.07, 6.45) is 1.49. The van der Waals surface area contributed by atoms with Crippen molar-refractivity contribution in [2.24, 2.45) is 11.3 Å². The van der Waals surface area contributed by atoms with E-state index in [1.807, 2.05) is 24.3 Å². The normalized spacial score (nSPS) is 27.8. The summed E-state index contributed by atoms with van der Waals surface area (Å²) in [6, 6.07) is 7.28. The molecular formula is C20H30O4. The minimum absolute atomic E-state index is 0.131. The molecule has 2 N–H and O–H groups in total. The lowest BCUT2D eigenvalue weighted by Gasteiger charge is -2.44. The third kappa shape index (κ3) is 4.17. The average molecular weight is 334 g/mol. The Morgan fingerprint density at radius 2 is 1.92 bits per heavy atom. The molecule has 0 bridgehead atoms. The number of carbonyl (C=O) groups excluding carboxylic acids is 1. The maximum atomic E-state index is 11.5. The van der Waals surface area contributed by atoms with Gasteiger partial charge in [0.05, 0.1) is 19.1 Å². The average Bonchev–Trinajstić information content (AvgIpc) is 2.50. The number of ether oxygens (including phenoxy) is 1. The van der Waals surface area contributed by atoms with Crippen LogP contribution in [0.25, 0.3) is 0 Å². The third-order valence-corrected chi connectivity index (χ3v) is 5.27. The maximum Gasteiger partial charge on any atom is 0.310 e. The Bertz CT molecular complexity index is 558. The lowest BCUT2D eigenvalue weighted by molar-refractivity contribution is -0.142. The van der Waals surface area contributed by atoms with Gasteiger partial charge in [-0.25, -0.2) is 0 Å². The van der Waals surface area contributed by atoms with Crippen LogP contribution >= 0.6 is 0 Å². The van der Waals surface area contributed by atoms with Crippen LogP contribution in [0.3, 0.4) is 0 Å². The van der Waals surface area contributed by atoms with Gasteiger partial charge in [0.2, 0.25) is 0 Å². The lowest BCUT2D eigenvalue weighted by Crippen LogP contribution is -2.46. The first kappa shape index (κ1) is 18.9. The Morgan fingerprint density at radius 3 is 2.42 bits per heavy atom. The molecule has 2 rings (SSSR count). The molecule has 4 heteroatoms. The van der Waals surface area contributed by atoms with Gasteiger partial charge >= 0.3 is 5.97 Å². The SMILES string of the molecule is CCOC(=O)Cc1ccc(C2(O)CC[C@@H](C(C)(C)C)C[C@H]2O)cc1. The van der Waals surface area contributed by atoms with E-state index >= 15 is 0 Å². The molecular weight excluding hydrogens is 304 g/mol. The van der Waals surface area contributed by atoms with E-state index in [1.165, 1.54) is 0 Å². The second-order valence-corrected chi connectivity index (χ2v) is 7.96. The van der Waals surface area contributed by atoms with Crippen molar-refractivity contribution in [3.05, 3.63) is 35.4 Å². The number of aliphatic hydroxyl groups excluding tert-OH is 1. The summed E-state index contributed by atoms with van der Waals surface area (Å²) >= 11 is 0. The van der Waals surface area contributed by atoms with Gasteiger partial charge in [-0.3, -0.25) is 4.79 Å². The molecule has 1 saturated carbocycles. The molecule has 0 aromatic heterocycles. The van der Waals surface area contributed by atoms with E-state index in [4.69, 9.17) is 4.74 Å². The first-order chi connectivity index (χ1) is 11.2. The molecule has 1 fully saturated rings. The lowest BCUT2D eigenvalue weighted by atomic mass is 9.65. The highest BCUT2D eigenvalue weighted by Gasteiger charge is 2.45. The van der Waals surface area contributed by atoms with Gasteiger partial charge in [0.15, 0.2) is 0 Å². The number of rotatable bonds is 4. The van der Waals surface area contributed by atoms with Crippen LogP contribution in [-0.2, 0) is 21.6 Å². The van der Waals surface area contributed by atoms with Crippen molar-refractivity contribution in [3.63, 3.8) is 0 Å². The van der Waals surface area contributed by atoms with Crippen LogP contribution in [0.1, 0.15) is 58.1 Å². The number of carbonyl (C=O) groups is 1. The quantitative estimate of drug-likeness (QED) is 0.830. The van der Waals surface area contributed by atoms with E-state index in [0.29, 0.717) is 25.4 Å². The molecule has 24 heavy (non-hydrogen) atoms. The van der Waals surface area contributed by atoms with Crippen LogP contribution in [0.15, 0.2) is 24.3 Å². The molecule has 0 aliphatic heterocycles. The molecule has 4 nitrogen and oxygen atoms in total. The van der Waals surface area contributed by atoms with Crippen LogP contribution in [0.5, 0.6) is 0 Å². The summed E-state index contributed by atoms with van der Waals surface area (Å²) in [6.45, 7) is 8.69. The van der Waals surface area contributed by atoms with Crippen molar-refractivity contribution in [1.29, 1.82) is 0 Å². The highest BCUT2D eigenvalue weighted by Crippen LogP contribution is 2.45. The van der Waals surface area contributed by atoms with Crippen molar-refractivity contribution < 1.29 is 19.7 Å². The first-order valence-corrected chi connectivity index (χ1v) is 8.82. The monoisotopic (exact) mass is 334 g/mol. The van der Waals surface area contributed by atoms with Gasteiger partial charge in [0.25, 0.3) is 0 Å². The number of hydrogen-bond donors (Lipinski definition) is 2. The molecule has 1 aliphatic carbocycles. The third-order valence-electron chi connectivity index (χ3n) is 5.27. The predicted molar refractivity (Wildman–Crippen MR) is 93.5 cm³/mol. The molecule has 3 atom stereocenters. The summed E-state index contributed by atoms with van der Waals surface area (Å²) in [5.74, 6) is 0.144. The summed E-state index contributed by atoms with van der Waals surface area (Å²) in [4.78, 5) is 11.5. The van der Waals surface area contributed by atoms with Crippen molar-refractivity contribution in [1.82, 2.24) is 0 Å². The standard InChI is InChI=1S/C20H30O4/c1-5-24-18(22)12-14-6-8-15(9-7-14)20(23)11-10-16(13-17(20)21)19(2,3)4/h6-9,16-17,21,23H,5,10-13H2,1-4H3/t16-,17-,20?/m1/s1. The van der Waals surface area contributed by atoms with Gasteiger partial charge in [-0.05, 0) is 48.6 Å². The second-order valence-electron chi connectivity index (χ2n) is 7.96. The molecule has 1 aromatic carbocycles. The first-order valence-electron chi connectivity index (χ1n) is 8.82. The Hall–Kier alpha value is -1.39. The van der Waals surface area contributed by atoms with Gasteiger partial charge in [-0.15, -0.1) is 0 Å². The van der Waals surface area contributed by atoms with Gasteiger partial charge in [0, 0.05) is 0 Å². The molecule has 0 saturated heterocycles. The minimum atomic E-state index is -1.20. The van der Waals surface area contributed by atoms with E-state index in [1.54, 1.807) is 6.92 Å². The zero-order valence-electron chi connectivity index (χ0n) is 15.2. The van der Waals surface area contributed by atoms with Gasteiger partial charge in [-0.2, -0.15) is 0 Å². The Balaban J connectivity index is 2.09. The van der Waals surface area contributed by atoms with Gasteiger partial charge < -0.3 is 14.9 Å². The van der Waals surface area contributed by atoms with Crippen molar-refractivity contribution in [2.75, 3.05) is 6.61 Å². The molecule has 0 spiro atoms. The number of benzene rings is 1. The van der Waals surface area contributed by atoms with Crippen LogP contribution in [0.2, 0.25) is 0 Å². The Labute approximate surface area is 144 Å². The fourth-order valence-corrected chi connectivity index (χ4v) is 3.56. The van der Waals surface area contributed by atoms with Gasteiger partial charge in [0.1, 0.15) is 5.60 Å². The summed E-state index contributed by atoms with van der Waals surface area (Å²) in [5.41, 5.74) is 0.490. The maximum absolute atomic E-state index is 11.5. The molecule has 1 aromatic rings. The second kappa shape index (κ2) is 7.24. The molecule has 134 valence electrons. The van der Waals surface area contributed by atoms with E-state index in [-0.39, 0.29) is 17.8 Å². The highest BCUT2D eigenvalue weighted by atomic mass is 16.5. The van der Waals surface area contributed by atoms with Crippen molar-refractivity contribution in [2.45, 2.75) is 65.1 Å². The zero-order chi connectivity index (χ0) is 18.0. The van der Waals surface area contributed by atoms with Crippen LogP contribution in [0.4, 0.5) is 0 Å². The molecule has 0 radical (unpaired) electrons. The summed E-state index contributed by atoms with van der Waals surface area (Å²) in [5, 5.41) is 21.6. The molecule has 1 aliphatic rings. The van der Waals surface area contributed by atoms with Crippen molar-refractivity contribution in [3.8, 4) is 0 Å². The summed E-state index contributed by atoms with van der Waals surface area (Å²) in [7, 11) is 0. The van der Waals surface area contributed by atoms with E-state index in [9.17, 15) is 15.0 Å². The number of esters is 1. The molecule has 1 unspecified atom stereocenters. The van der Waals surface area contributed by atoms with Gasteiger partial charge in [-0.1, -0.05) is 45.0 Å². The Kier molecular flexibility index (Phi) is 5.71. The van der Waals surface area contributed by atoms with Crippen LogP contribution < -0.4 is 0 Å². The van der Waals surface area contributed by atoms with E-state index in [2.05, 4.69) is 20.8 Å². The molecule has 0 heterocycles. The van der Waals surface area contributed by atoms with Crippen molar-refractivity contribution >= 4 is 5.97 Å².